The van der Waals surface area contributed by atoms with Crippen LogP contribution in [0.15, 0.2) is 54.6 Å². The van der Waals surface area contributed by atoms with Gasteiger partial charge in [0.05, 0.1) is 16.5 Å². The molecule has 3 aromatic rings. The molecule has 0 N–H and O–H groups in total. The predicted octanol–water partition coefficient (Wildman–Crippen LogP) is 4.41. The second-order valence-corrected chi connectivity index (χ2v) is 8.90. The highest BCUT2D eigenvalue weighted by Crippen LogP contribution is 2.37. The van der Waals surface area contributed by atoms with Gasteiger partial charge in [-0.15, -0.1) is 11.3 Å². The molecule has 32 heavy (non-hydrogen) atoms. The van der Waals surface area contributed by atoms with E-state index in [1.54, 1.807) is 0 Å². The van der Waals surface area contributed by atoms with Crippen LogP contribution in [0.4, 0.5) is 5.69 Å². The van der Waals surface area contributed by atoms with E-state index in [1.165, 1.54) is 11.3 Å². The molecule has 2 aliphatic rings. The van der Waals surface area contributed by atoms with Crippen LogP contribution in [0, 0.1) is 11.3 Å². The molecule has 0 bridgehead atoms. The number of hydrogen-bond donors (Lipinski definition) is 0. The fourth-order valence-electron chi connectivity index (χ4n) is 4.09. The maximum atomic E-state index is 13.2. The zero-order valence-electron chi connectivity index (χ0n) is 17.6. The molecule has 7 heteroatoms. The number of hydrogen-bond acceptors (Lipinski definition) is 6. The minimum Gasteiger partial charge on any atom is -0.486 e. The monoisotopic (exact) mass is 445 g/mol. The molecule has 162 valence electrons. The summed E-state index contributed by atoms with van der Waals surface area (Å²) in [7, 11) is 0. The van der Waals surface area contributed by atoms with Crippen LogP contribution in [0.25, 0.3) is 10.4 Å². The lowest BCUT2D eigenvalue weighted by Crippen LogP contribution is -2.34. The smallest absolute Gasteiger partial charge is 0.264 e. The van der Waals surface area contributed by atoms with Crippen LogP contribution in [0.1, 0.15) is 21.7 Å². The largest absolute Gasteiger partial charge is 0.486 e. The molecule has 0 unspecified atom stereocenters. The Morgan fingerprint density at radius 3 is 2.53 bits per heavy atom. The summed E-state index contributed by atoms with van der Waals surface area (Å²) in [6.45, 7) is 4.21. The molecular formula is C25H23N3O3S. The van der Waals surface area contributed by atoms with Gasteiger partial charge in [0.2, 0.25) is 0 Å². The van der Waals surface area contributed by atoms with E-state index in [0.29, 0.717) is 25.3 Å². The summed E-state index contributed by atoms with van der Waals surface area (Å²) in [6.07, 6.45) is 0.909. The Balaban J connectivity index is 1.27. The van der Waals surface area contributed by atoms with E-state index in [9.17, 15) is 4.79 Å². The third kappa shape index (κ3) is 4.14. The van der Waals surface area contributed by atoms with Crippen LogP contribution in [-0.2, 0) is 0 Å². The van der Waals surface area contributed by atoms with Crippen LogP contribution < -0.4 is 14.4 Å². The molecule has 1 fully saturated rings. The standard InChI is InChI=1S/C25H23N3O3S/c26-17-18-2-5-20(6-3-18)27-10-1-11-28(13-12-27)25(29)24-9-8-23(32-24)19-4-7-21-22(16-19)31-15-14-30-21/h2-9,16H,1,10-15H2. The average molecular weight is 446 g/mol. The van der Waals surface area contributed by atoms with Crippen LogP contribution in [0.5, 0.6) is 11.5 Å². The minimum atomic E-state index is 0.0838. The number of thiophene rings is 1. The van der Waals surface area contributed by atoms with Gasteiger partial charge in [-0.05, 0) is 66.6 Å². The zero-order chi connectivity index (χ0) is 21.9. The van der Waals surface area contributed by atoms with E-state index in [-0.39, 0.29) is 5.91 Å². The third-order valence-electron chi connectivity index (χ3n) is 5.79. The molecule has 0 saturated carbocycles. The molecule has 3 heterocycles. The van der Waals surface area contributed by atoms with Gasteiger partial charge in [-0.3, -0.25) is 4.79 Å². The second-order valence-electron chi connectivity index (χ2n) is 7.81. The number of fused-ring (bicyclic) bond motifs is 1. The van der Waals surface area contributed by atoms with Gasteiger partial charge in [-0.1, -0.05) is 0 Å². The van der Waals surface area contributed by atoms with E-state index in [2.05, 4.69) is 11.0 Å². The van der Waals surface area contributed by atoms with Crippen molar-refractivity contribution in [3.8, 4) is 28.0 Å². The summed E-state index contributed by atoms with van der Waals surface area (Å²) in [6, 6.07) is 19.6. The van der Waals surface area contributed by atoms with E-state index in [0.717, 1.165) is 58.6 Å². The first-order valence-electron chi connectivity index (χ1n) is 10.8. The maximum Gasteiger partial charge on any atom is 0.264 e. The van der Waals surface area contributed by atoms with Crippen molar-refractivity contribution < 1.29 is 14.3 Å². The van der Waals surface area contributed by atoms with Crippen LogP contribution in [0.3, 0.4) is 0 Å². The normalized spacial score (nSPS) is 15.7. The lowest BCUT2D eigenvalue weighted by Gasteiger charge is -2.23. The minimum absolute atomic E-state index is 0.0838. The van der Waals surface area contributed by atoms with Crippen molar-refractivity contribution in [2.75, 3.05) is 44.3 Å². The molecule has 5 rings (SSSR count). The number of anilines is 1. The summed E-state index contributed by atoms with van der Waals surface area (Å²) in [5, 5.41) is 9.00. The van der Waals surface area contributed by atoms with Crippen LogP contribution in [-0.4, -0.2) is 50.2 Å². The van der Waals surface area contributed by atoms with Crippen molar-refractivity contribution in [2.24, 2.45) is 0 Å². The first-order chi connectivity index (χ1) is 15.7. The Hall–Kier alpha value is -3.50. The lowest BCUT2D eigenvalue weighted by molar-refractivity contribution is 0.0772. The third-order valence-corrected chi connectivity index (χ3v) is 6.91. The SMILES string of the molecule is N#Cc1ccc(N2CCCN(C(=O)c3ccc(-c4ccc5c(c4)OCCO5)s3)CC2)cc1. The lowest BCUT2D eigenvalue weighted by atomic mass is 10.1. The van der Waals surface area contributed by atoms with Crippen molar-refractivity contribution in [2.45, 2.75) is 6.42 Å². The van der Waals surface area contributed by atoms with Gasteiger partial charge in [0.15, 0.2) is 11.5 Å². The van der Waals surface area contributed by atoms with Crippen molar-refractivity contribution in [3.05, 3.63) is 65.0 Å². The Morgan fingerprint density at radius 2 is 1.72 bits per heavy atom. The predicted molar refractivity (Wildman–Crippen MR) is 125 cm³/mol. The summed E-state index contributed by atoms with van der Waals surface area (Å²) < 4.78 is 11.3. The molecule has 1 aromatic heterocycles. The number of amides is 1. The zero-order valence-corrected chi connectivity index (χ0v) is 18.4. The Morgan fingerprint density at radius 1 is 0.906 bits per heavy atom. The maximum absolute atomic E-state index is 13.2. The van der Waals surface area contributed by atoms with E-state index in [1.807, 2.05) is 59.5 Å². The number of nitrogens with zero attached hydrogens (tertiary/aromatic N) is 3. The molecule has 2 aliphatic heterocycles. The summed E-state index contributed by atoms with van der Waals surface area (Å²) in [4.78, 5) is 19.2. The van der Waals surface area contributed by atoms with Crippen molar-refractivity contribution in [3.63, 3.8) is 0 Å². The first kappa shape index (κ1) is 20.4. The highest BCUT2D eigenvalue weighted by atomic mass is 32.1. The van der Waals surface area contributed by atoms with Gasteiger partial charge in [-0.25, -0.2) is 0 Å². The quantitative estimate of drug-likeness (QED) is 0.598. The molecule has 1 amide bonds. The van der Waals surface area contributed by atoms with Crippen LogP contribution >= 0.6 is 11.3 Å². The first-order valence-corrected chi connectivity index (χ1v) is 11.6. The van der Waals surface area contributed by atoms with Crippen molar-refractivity contribution >= 4 is 22.9 Å². The Labute approximate surface area is 191 Å². The second kappa shape index (κ2) is 8.93. The van der Waals surface area contributed by atoms with E-state index < -0.39 is 0 Å². The molecule has 1 saturated heterocycles. The topological polar surface area (TPSA) is 65.8 Å². The summed E-state index contributed by atoms with van der Waals surface area (Å²) >= 11 is 1.51. The highest BCUT2D eigenvalue weighted by Gasteiger charge is 2.22. The van der Waals surface area contributed by atoms with Gasteiger partial charge >= 0.3 is 0 Å². The number of benzene rings is 2. The number of nitriles is 1. The molecule has 0 radical (unpaired) electrons. The highest BCUT2D eigenvalue weighted by molar-refractivity contribution is 7.17. The summed E-state index contributed by atoms with van der Waals surface area (Å²) in [5.74, 6) is 1.61. The summed E-state index contributed by atoms with van der Waals surface area (Å²) in [5.41, 5.74) is 2.78. The molecule has 0 spiro atoms. The van der Waals surface area contributed by atoms with E-state index in [4.69, 9.17) is 14.7 Å². The fourth-order valence-corrected chi connectivity index (χ4v) is 5.06. The molecule has 0 atom stereocenters. The number of rotatable bonds is 3. The fraction of sp³-hybridized carbons (Fsp3) is 0.280. The number of carbonyl (C=O) groups is 1. The molecule has 6 nitrogen and oxygen atoms in total. The van der Waals surface area contributed by atoms with Gasteiger partial charge in [0.1, 0.15) is 13.2 Å². The molecular weight excluding hydrogens is 422 g/mol. The van der Waals surface area contributed by atoms with Gasteiger partial charge in [0, 0.05) is 36.7 Å². The van der Waals surface area contributed by atoms with Gasteiger partial charge in [0.25, 0.3) is 5.91 Å². The Kier molecular flexibility index (Phi) is 5.70. The average Bonchev–Trinajstić information content (AvgIpc) is 3.21. The van der Waals surface area contributed by atoms with Crippen LogP contribution in [0.2, 0.25) is 0 Å². The van der Waals surface area contributed by atoms with Gasteiger partial charge < -0.3 is 19.3 Å². The Bertz CT molecular complexity index is 1170. The van der Waals surface area contributed by atoms with Crippen molar-refractivity contribution in [1.82, 2.24) is 4.90 Å². The number of ether oxygens (including phenoxy) is 2. The van der Waals surface area contributed by atoms with E-state index >= 15 is 0 Å². The van der Waals surface area contributed by atoms with Gasteiger partial charge in [-0.2, -0.15) is 5.26 Å². The van der Waals surface area contributed by atoms with Crippen molar-refractivity contribution in [1.29, 1.82) is 5.26 Å². The molecule has 2 aromatic carbocycles. The number of carbonyl (C=O) groups excluding carboxylic acids is 1. The molecule has 0 aliphatic carbocycles.